The minimum atomic E-state index is 0.467. The monoisotopic (exact) mass is 313 g/mol. The number of hydrogen-bond acceptors (Lipinski definition) is 3. The Bertz CT molecular complexity index is 632. The molecule has 0 amide bonds. The third-order valence-corrected chi connectivity index (χ3v) is 4.78. The van der Waals surface area contributed by atoms with Gasteiger partial charge < -0.3 is 10.2 Å². The van der Waals surface area contributed by atoms with Crippen molar-refractivity contribution in [2.24, 2.45) is 0 Å². The highest BCUT2D eigenvalue weighted by molar-refractivity contribution is 5.93. The molecule has 0 aliphatic carbocycles. The van der Waals surface area contributed by atoms with E-state index in [9.17, 15) is 0 Å². The molecule has 0 fully saturated rings. The maximum atomic E-state index is 4.70. The summed E-state index contributed by atoms with van der Waals surface area (Å²) in [7, 11) is 0. The standard InChI is InChI=1S/C20H31N3/c1-6-23(7-2)14-10-11-15(3)21-20-16(4)17(5)22-19-13-9-8-12-18(19)20/h8-9,12-13,15H,6-7,10-11,14H2,1-5H3,(H,21,22). The molecular weight excluding hydrogens is 282 g/mol. The number of rotatable bonds is 8. The first kappa shape index (κ1) is 17.7. The predicted octanol–water partition coefficient (Wildman–Crippen LogP) is 4.77. The van der Waals surface area contributed by atoms with Gasteiger partial charge in [0.2, 0.25) is 0 Å². The molecule has 3 nitrogen and oxygen atoms in total. The van der Waals surface area contributed by atoms with Crippen LogP contribution in [0.4, 0.5) is 5.69 Å². The number of nitrogens with zero attached hydrogens (tertiary/aromatic N) is 2. The Morgan fingerprint density at radius 2 is 1.83 bits per heavy atom. The van der Waals surface area contributed by atoms with Crippen LogP contribution in [0.3, 0.4) is 0 Å². The number of para-hydroxylation sites is 1. The first-order valence-corrected chi connectivity index (χ1v) is 8.91. The molecule has 1 aromatic heterocycles. The van der Waals surface area contributed by atoms with Crippen molar-refractivity contribution in [1.29, 1.82) is 0 Å². The smallest absolute Gasteiger partial charge is 0.0726 e. The van der Waals surface area contributed by atoms with Gasteiger partial charge in [0.05, 0.1) is 5.52 Å². The van der Waals surface area contributed by atoms with E-state index in [0.29, 0.717) is 6.04 Å². The van der Waals surface area contributed by atoms with E-state index >= 15 is 0 Å². The number of nitrogens with one attached hydrogen (secondary N) is 1. The number of aromatic nitrogens is 1. The van der Waals surface area contributed by atoms with Crippen LogP contribution in [-0.2, 0) is 0 Å². The maximum Gasteiger partial charge on any atom is 0.0726 e. The number of fused-ring (bicyclic) bond motifs is 1. The van der Waals surface area contributed by atoms with Gasteiger partial charge in [0.25, 0.3) is 0 Å². The Labute approximate surface area is 141 Å². The minimum absolute atomic E-state index is 0.467. The third kappa shape index (κ3) is 4.44. The second kappa shape index (κ2) is 8.30. The Hall–Kier alpha value is -1.61. The summed E-state index contributed by atoms with van der Waals surface area (Å²) in [5.74, 6) is 0. The first-order chi connectivity index (χ1) is 11.1. The Morgan fingerprint density at radius 3 is 2.52 bits per heavy atom. The predicted molar refractivity (Wildman–Crippen MR) is 101 cm³/mol. The molecule has 1 aromatic carbocycles. The molecular formula is C20H31N3. The number of hydrogen-bond donors (Lipinski definition) is 1. The van der Waals surface area contributed by atoms with Gasteiger partial charge in [-0.1, -0.05) is 32.0 Å². The van der Waals surface area contributed by atoms with Gasteiger partial charge in [0.1, 0.15) is 0 Å². The maximum absolute atomic E-state index is 4.70. The molecule has 126 valence electrons. The van der Waals surface area contributed by atoms with Crippen molar-refractivity contribution in [1.82, 2.24) is 9.88 Å². The molecule has 0 spiro atoms. The van der Waals surface area contributed by atoms with E-state index in [-0.39, 0.29) is 0 Å². The molecule has 2 aromatic rings. The van der Waals surface area contributed by atoms with E-state index in [4.69, 9.17) is 4.98 Å². The van der Waals surface area contributed by atoms with Crippen molar-refractivity contribution in [2.75, 3.05) is 25.0 Å². The van der Waals surface area contributed by atoms with Crippen LogP contribution in [-0.4, -0.2) is 35.6 Å². The first-order valence-electron chi connectivity index (χ1n) is 8.91. The van der Waals surface area contributed by atoms with Gasteiger partial charge >= 0.3 is 0 Å². The van der Waals surface area contributed by atoms with Crippen LogP contribution in [0.25, 0.3) is 10.9 Å². The number of aryl methyl sites for hydroxylation is 1. The van der Waals surface area contributed by atoms with E-state index in [1.807, 2.05) is 0 Å². The topological polar surface area (TPSA) is 28.2 Å². The van der Waals surface area contributed by atoms with Crippen molar-refractivity contribution in [3.8, 4) is 0 Å². The molecule has 1 unspecified atom stereocenters. The number of anilines is 1. The summed E-state index contributed by atoms with van der Waals surface area (Å²) >= 11 is 0. The fourth-order valence-corrected chi connectivity index (χ4v) is 3.10. The molecule has 1 heterocycles. The van der Waals surface area contributed by atoms with Gasteiger partial charge in [0.15, 0.2) is 0 Å². The lowest BCUT2D eigenvalue weighted by molar-refractivity contribution is 0.295. The average Bonchev–Trinajstić information content (AvgIpc) is 2.56. The lowest BCUT2D eigenvalue weighted by Gasteiger charge is -2.22. The second-order valence-electron chi connectivity index (χ2n) is 6.43. The van der Waals surface area contributed by atoms with Crippen molar-refractivity contribution < 1.29 is 0 Å². The van der Waals surface area contributed by atoms with Crippen LogP contribution in [0.15, 0.2) is 24.3 Å². The summed E-state index contributed by atoms with van der Waals surface area (Å²) in [6.07, 6.45) is 2.42. The zero-order valence-electron chi connectivity index (χ0n) is 15.3. The second-order valence-corrected chi connectivity index (χ2v) is 6.43. The fraction of sp³-hybridized carbons (Fsp3) is 0.550. The van der Waals surface area contributed by atoms with Crippen LogP contribution in [0.2, 0.25) is 0 Å². The molecule has 0 saturated heterocycles. The molecule has 0 saturated carbocycles. The van der Waals surface area contributed by atoms with Crippen LogP contribution < -0.4 is 5.32 Å². The van der Waals surface area contributed by atoms with Gasteiger partial charge in [-0.15, -0.1) is 0 Å². The van der Waals surface area contributed by atoms with Gasteiger partial charge in [-0.3, -0.25) is 4.98 Å². The quantitative estimate of drug-likeness (QED) is 0.760. The normalized spacial score (nSPS) is 12.8. The van der Waals surface area contributed by atoms with Crippen molar-refractivity contribution in [2.45, 2.75) is 53.5 Å². The Balaban J connectivity index is 2.07. The van der Waals surface area contributed by atoms with E-state index < -0.39 is 0 Å². The average molecular weight is 313 g/mol. The molecule has 23 heavy (non-hydrogen) atoms. The minimum Gasteiger partial charge on any atom is -0.382 e. The molecule has 1 atom stereocenters. The van der Waals surface area contributed by atoms with Gasteiger partial charge in [0, 0.05) is 22.8 Å². The summed E-state index contributed by atoms with van der Waals surface area (Å²) < 4.78 is 0. The van der Waals surface area contributed by atoms with Crippen LogP contribution in [0.1, 0.15) is 44.9 Å². The van der Waals surface area contributed by atoms with Gasteiger partial charge in [-0.25, -0.2) is 0 Å². The highest BCUT2D eigenvalue weighted by Crippen LogP contribution is 2.28. The Morgan fingerprint density at radius 1 is 1.13 bits per heavy atom. The van der Waals surface area contributed by atoms with Crippen molar-refractivity contribution >= 4 is 16.6 Å². The number of benzene rings is 1. The molecule has 2 rings (SSSR count). The number of pyridine rings is 1. The zero-order chi connectivity index (χ0) is 16.8. The van der Waals surface area contributed by atoms with E-state index in [2.05, 4.69) is 69.1 Å². The van der Waals surface area contributed by atoms with Crippen molar-refractivity contribution in [3.05, 3.63) is 35.5 Å². The summed E-state index contributed by atoms with van der Waals surface area (Å²) in [6.45, 7) is 14.5. The summed E-state index contributed by atoms with van der Waals surface area (Å²) in [5, 5.41) is 4.97. The lowest BCUT2D eigenvalue weighted by atomic mass is 10.1. The van der Waals surface area contributed by atoms with E-state index in [1.54, 1.807) is 0 Å². The highest BCUT2D eigenvalue weighted by Gasteiger charge is 2.11. The Kier molecular flexibility index (Phi) is 6.40. The fourth-order valence-electron chi connectivity index (χ4n) is 3.10. The van der Waals surface area contributed by atoms with E-state index in [1.165, 1.54) is 36.0 Å². The molecule has 3 heteroatoms. The largest absolute Gasteiger partial charge is 0.382 e. The summed E-state index contributed by atoms with van der Waals surface area (Å²) in [5.41, 5.74) is 4.71. The highest BCUT2D eigenvalue weighted by atomic mass is 15.1. The van der Waals surface area contributed by atoms with Crippen LogP contribution >= 0.6 is 0 Å². The van der Waals surface area contributed by atoms with Gasteiger partial charge in [-0.2, -0.15) is 0 Å². The molecule has 0 aliphatic heterocycles. The summed E-state index contributed by atoms with van der Waals surface area (Å²) in [6, 6.07) is 8.88. The third-order valence-electron chi connectivity index (χ3n) is 4.78. The van der Waals surface area contributed by atoms with Crippen LogP contribution in [0, 0.1) is 13.8 Å². The van der Waals surface area contributed by atoms with E-state index in [0.717, 1.165) is 24.3 Å². The lowest BCUT2D eigenvalue weighted by Crippen LogP contribution is -2.25. The van der Waals surface area contributed by atoms with Crippen LogP contribution in [0.5, 0.6) is 0 Å². The van der Waals surface area contributed by atoms with Gasteiger partial charge in [-0.05, 0) is 64.9 Å². The molecule has 0 bridgehead atoms. The molecule has 1 N–H and O–H groups in total. The molecule has 0 aliphatic rings. The SMILES string of the molecule is CCN(CC)CCCC(C)Nc1c(C)c(C)nc2ccccc12. The van der Waals surface area contributed by atoms with Crippen molar-refractivity contribution in [3.63, 3.8) is 0 Å². The summed E-state index contributed by atoms with van der Waals surface area (Å²) in [4.78, 5) is 7.19. The molecule has 0 radical (unpaired) electrons. The zero-order valence-corrected chi connectivity index (χ0v) is 15.3.